The number of carbonyl (C=O) groups is 1. The fourth-order valence-electron chi connectivity index (χ4n) is 2.57. The largest absolute Gasteiger partial charge is 0.439 e. The standard InChI is InChI=1S/C13H16N4O2/c14-8-3-4-11-9(6-8)16-12(19-11)7-17-5-1-2-10(17)13(15)18/h3-4,6,10H,1-2,5,7,14H2,(H2,15,18). The number of amides is 1. The van der Waals surface area contributed by atoms with Crippen molar-refractivity contribution in [2.75, 3.05) is 12.3 Å². The first-order chi connectivity index (χ1) is 9.13. The number of nitrogens with zero attached hydrogens (tertiary/aromatic N) is 2. The van der Waals surface area contributed by atoms with E-state index in [2.05, 4.69) is 4.98 Å². The van der Waals surface area contributed by atoms with Gasteiger partial charge in [0, 0.05) is 5.69 Å². The highest BCUT2D eigenvalue weighted by Crippen LogP contribution is 2.23. The van der Waals surface area contributed by atoms with E-state index in [1.807, 2.05) is 4.90 Å². The Balaban J connectivity index is 1.83. The minimum atomic E-state index is -0.280. The molecule has 0 bridgehead atoms. The predicted molar refractivity (Wildman–Crippen MR) is 71.0 cm³/mol. The number of primary amides is 1. The molecule has 1 aromatic heterocycles. The average molecular weight is 260 g/mol. The molecule has 100 valence electrons. The first-order valence-electron chi connectivity index (χ1n) is 6.32. The van der Waals surface area contributed by atoms with Gasteiger partial charge in [-0.15, -0.1) is 0 Å². The lowest BCUT2D eigenvalue weighted by Gasteiger charge is -2.19. The quantitative estimate of drug-likeness (QED) is 0.797. The normalized spacial score (nSPS) is 20.1. The molecule has 0 aliphatic carbocycles. The van der Waals surface area contributed by atoms with Crippen molar-refractivity contribution in [2.45, 2.75) is 25.4 Å². The molecule has 4 N–H and O–H groups in total. The van der Waals surface area contributed by atoms with Crippen LogP contribution >= 0.6 is 0 Å². The Bertz CT molecular complexity index is 622. The van der Waals surface area contributed by atoms with Crippen LogP contribution in [0.4, 0.5) is 5.69 Å². The smallest absolute Gasteiger partial charge is 0.234 e. The van der Waals surface area contributed by atoms with Crippen LogP contribution in [0.2, 0.25) is 0 Å². The Hall–Kier alpha value is -2.08. The summed E-state index contributed by atoms with van der Waals surface area (Å²) < 4.78 is 5.65. The Labute approximate surface area is 110 Å². The highest BCUT2D eigenvalue weighted by atomic mass is 16.3. The molecule has 1 fully saturated rings. The summed E-state index contributed by atoms with van der Waals surface area (Å²) in [6.45, 7) is 1.34. The van der Waals surface area contributed by atoms with Crippen LogP contribution in [0, 0.1) is 0 Å². The number of fused-ring (bicyclic) bond motifs is 1. The number of carbonyl (C=O) groups excluding carboxylic acids is 1. The summed E-state index contributed by atoms with van der Waals surface area (Å²) >= 11 is 0. The molecule has 0 saturated carbocycles. The maximum atomic E-state index is 11.3. The lowest BCUT2D eigenvalue weighted by Crippen LogP contribution is -2.39. The molecule has 1 aromatic carbocycles. The molecule has 1 aliphatic rings. The molecule has 1 aliphatic heterocycles. The molecule has 1 unspecified atom stereocenters. The number of nitrogens with two attached hydrogens (primary N) is 2. The fraction of sp³-hybridized carbons (Fsp3) is 0.385. The summed E-state index contributed by atoms with van der Waals surface area (Å²) in [4.78, 5) is 17.7. The SMILES string of the molecule is NC(=O)C1CCCN1Cc1nc2cc(N)ccc2o1. The van der Waals surface area contributed by atoms with Gasteiger partial charge in [0.2, 0.25) is 11.8 Å². The fourth-order valence-corrected chi connectivity index (χ4v) is 2.57. The molecule has 2 aromatic rings. The van der Waals surface area contributed by atoms with Crippen LogP contribution in [0.3, 0.4) is 0 Å². The number of benzene rings is 1. The summed E-state index contributed by atoms with van der Waals surface area (Å²) in [6, 6.07) is 5.15. The topological polar surface area (TPSA) is 98.4 Å². The molecule has 6 nitrogen and oxygen atoms in total. The summed E-state index contributed by atoms with van der Waals surface area (Å²) in [5.74, 6) is 0.312. The van der Waals surface area contributed by atoms with Gasteiger partial charge in [-0.1, -0.05) is 0 Å². The Morgan fingerprint density at radius 3 is 3.16 bits per heavy atom. The second-order valence-electron chi connectivity index (χ2n) is 4.87. The van der Waals surface area contributed by atoms with Crippen molar-refractivity contribution in [3.05, 3.63) is 24.1 Å². The third-order valence-corrected chi connectivity index (χ3v) is 3.49. The number of rotatable bonds is 3. The minimum Gasteiger partial charge on any atom is -0.439 e. The van der Waals surface area contributed by atoms with E-state index in [1.165, 1.54) is 0 Å². The van der Waals surface area contributed by atoms with E-state index in [4.69, 9.17) is 15.9 Å². The first kappa shape index (κ1) is 12.0. The molecule has 1 amide bonds. The van der Waals surface area contributed by atoms with E-state index < -0.39 is 0 Å². The first-order valence-corrected chi connectivity index (χ1v) is 6.32. The summed E-state index contributed by atoms with van der Waals surface area (Å²) in [5.41, 5.74) is 13.2. The lowest BCUT2D eigenvalue weighted by molar-refractivity contribution is -0.122. The maximum absolute atomic E-state index is 11.3. The van der Waals surface area contributed by atoms with Crippen LogP contribution < -0.4 is 11.5 Å². The van der Waals surface area contributed by atoms with Crippen molar-refractivity contribution in [2.24, 2.45) is 5.73 Å². The van der Waals surface area contributed by atoms with Crippen LogP contribution in [0.5, 0.6) is 0 Å². The van der Waals surface area contributed by atoms with Crippen molar-refractivity contribution >= 4 is 22.7 Å². The monoisotopic (exact) mass is 260 g/mol. The molecule has 2 heterocycles. The second kappa shape index (κ2) is 4.55. The molecule has 1 atom stereocenters. The summed E-state index contributed by atoms with van der Waals surface area (Å²) in [7, 11) is 0. The Kier molecular flexibility index (Phi) is 2.87. The zero-order chi connectivity index (χ0) is 13.4. The van der Waals surface area contributed by atoms with E-state index in [9.17, 15) is 4.79 Å². The van der Waals surface area contributed by atoms with Gasteiger partial charge in [-0.05, 0) is 37.6 Å². The Morgan fingerprint density at radius 2 is 2.37 bits per heavy atom. The zero-order valence-electron chi connectivity index (χ0n) is 10.5. The minimum absolute atomic E-state index is 0.208. The van der Waals surface area contributed by atoms with Gasteiger partial charge in [0.05, 0.1) is 12.6 Å². The van der Waals surface area contributed by atoms with Gasteiger partial charge in [0.25, 0.3) is 0 Å². The second-order valence-corrected chi connectivity index (χ2v) is 4.87. The van der Waals surface area contributed by atoms with E-state index in [-0.39, 0.29) is 11.9 Å². The van der Waals surface area contributed by atoms with Crippen LogP contribution in [0.25, 0.3) is 11.1 Å². The van der Waals surface area contributed by atoms with Gasteiger partial charge in [0.15, 0.2) is 5.58 Å². The van der Waals surface area contributed by atoms with Crippen molar-refractivity contribution in [3.8, 4) is 0 Å². The summed E-state index contributed by atoms with van der Waals surface area (Å²) in [5, 5.41) is 0. The van der Waals surface area contributed by atoms with Crippen molar-refractivity contribution in [3.63, 3.8) is 0 Å². The molecule has 0 spiro atoms. The maximum Gasteiger partial charge on any atom is 0.234 e. The number of hydrogen-bond donors (Lipinski definition) is 2. The molecular formula is C13H16N4O2. The zero-order valence-corrected chi connectivity index (χ0v) is 10.5. The van der Waals surface area contributed by atoms with Gasteiger partial charge < -0.3 is 15.9 Å². The van der Waals surface area contributed by atoms with Crippen LogP contribution in [-0.2, 0) is 11.3 Å². The molecule has 3 rings (SSSR count). The summed E-state index contributed by atoms with van der Waals surface area (Å²) in [6.07, 6.45) is 1.78. The van der Waals surface area contributed by atoms with Gasteiger partial charge in [-0.3, -0.25) is 9.69 Å². The lowest BCUT2D eigenvalue weighted by atomic mass is 10.2. The van der Waals surface area contributed by atoms with Crippen molar-refractivity contribution in [1.29, 1.82) is 0 Å². The van der Waals surface area contributed by atoms with Gasteiger partial charge in [-0.25, -0.2) is 4.98 Å². The highest BCUT2D eigenvalue weighted by molar-refractivity contribution is 5.80. The molecular weight excluding hydrogens is 244 g/mol. The highest BCUT2D eigenvalue weighted by Gasteiger charge is 2.29. The number of oxazole rings is 1. The van der Waals surface area contributed by atoms with Crippen LogP contribution in [0.15, 0.2) is 22.6 Å². The predicted octanol–water partition coefficient (Wildman–Crippen LogP) is 0.860. The van der Waals surface area contributed by atoms with E-state index >= 15 is 0 Å². The van der Waals surface area contributed by atoms with Gasteiger partial charge in [0.1, 0.15) is 5.52 Å². The van der Waals surface area contributed by atoms with Gasteiger partial charge >= 0.3 is 0 Å². The average Bonchev–Trinajstić information content (AvgIpc) is 2.95. The van der Waals surface area contributed by atoms with E-state index in [0.717, 1.165) is 24.9 Å². The number of hydrogen-bond acceptors (Lipinski definition) is 5. The van der Waals surface area contributed by atoms with Crippen molar-refractivity contribution in [1.82, 2.24) is 9.88 Å². The van der Waals surface area contributed by atoms with E-state index in [1.54, 1.807) is 18.2 Å². The van der Waals surface area contributed by atoms with Gasteiger partial charge in [-0.2, -0.15) is 0 Å². The Morgan fingerprint density at radius 1 is 1.53 bits per heavy atom. The number of likely N-dealkylation sites (tertiary alicyclic amines) is 1. The number of aromatic nitrogens is 1. The molecule has 0 radical (unpaired) electrons. The van der Waals surface area contributed by atoms with Crippen molar-refractivity contribution < 1.29 is 9.21 Å². The third-order valence-electron chi connectivity index (χ3n) is 3.49. The third kappa shape index (κ3) is 2.26. The number of nitrogen functional groups attached to an aromatic ring is 1. The molecule has 6 heteroatoms. The molecule has 1 saturated heterocycles. The number of anilines is 1. The van der Waals surface area contributed by atoms with E-state index in [0.29, 0.717) is 23.7 Å². The molecule has 19 heavy (non-hydrogen) atoms. The van der Waals surface area contributed by atoms with Crippen LogP contribution in [-0.4, -0.2) is 28.4 Å². The van der Waals surface area contributed by atoms with Crippen LogP contribution in [0.1, 0.15) is 18.7 Å².